The zero-order valence-electron chi connectivity index (χ0n) is 98.3. The van der Waals surface area contributed by atoms with E-state index in [1.54, 1.807) is 14.2 Å². The van der Waals surface area contributed by atoms with Gasteiger partial charge in [-0.25, -0.2) is 0 Å². The number of methoxy groups -OCH3 is 2. The van der Waals surface area contributed by atoms with Gasteiger partial charge in [-0.3, -0.25) is 14.4 Å². The molecular weight excluding hydrogens is 1750 g/mol. The summed E-state index contributed by atoms with van der Waals surface area (Å²) in [7, 11) is -0.912. The van der Waals surface area contributed by atoms with Gasteiger partial charge in [0.1, 0.15) is 6.29 Å². The fourth-order valence-electron chi connectivity index (χ4n) is 22.8. The molecule has 9 nitrogen and oxygen atoms in total. The summed E-state index contributed by atoms with van der Waals surface area (Å²) in [4.78, 5) is 49.5. The molecule has 1 N–H and O–H groups in total. The van der Waals surface area contributed by atoms with Crippen LogP contribution < -0.4 is 0 Å². The second-order valence-electron chi connectivity index (χ2n) is 50.2. The number of hydrogen-bond donors (Lipinski definition) is 1. The Labute approximate surface area is 879 Å². The highest BCUT2D eigenvalue weighted by Crippen LogP contribution is 2.51. The van der Waals surface area contributed by atoms with Crippen LogP contribution in [-0.2, 0) is 37.5 Å². The van der Waals surface area contributed by atoms with Crippen LogP contribution in [0.1, 0.15) is 686 Å². The lowest BCUT2D eigenvalue weighted by molar-refractivity contribution is -0.150. The Morgan fingerprint density at radius 2 is 0.471 bits per heavy atom. The smallest absolute Gasteiger partial charge is 0.311 e. The molecule has 2 rings (SSSR count). The maximum atomic E-state index is 13.3. The first-order valence-corrected chi connectivity index (χ1v) is 69.8. The number of esters is 2. The van der Waals surface area contributed by atoms with E-state index < -0.39 is 22.6 Å². The van der Waals surface area contributed by atoms with Crippen molar-refractivity contribution in [3.8, 4) is 0 Å². The van der Waals surface area contributed by atoms with E-state index in [4.69, 9.17) is 18.3 Å². The largest absolute Gasteiger partial charge is 0.481 e. The molecule has 0 aromatic carbocycles. The first kappa shape index (κ1) is 136. The predicted octanol–water partition coefficient (Wildman–Crippen LogP) is 44.1. The molecule has 140 heavy (non-hydrogen) atoms. The molecular formula is C129H254O9Si2. The van der Waals surface area contributed by atoms with Crippen LogP contribution >= 0.6 is 0 Å². The second kappa shape index (κ2) is 94.6. The van der Waals surface area contributed by atoms with Crippen molar-refractivity contribution in [3.05, 3.63) is 0 Å². The molecule has 0 saturated heterocycles. The molecule has 11 atom stereocenters. The van der Waals surface area contributed by atoms with Gasteiger partial charge in [0.05, 0.1) is 44.2 Å². The molecule has 0 aromatic heterocycles. The van der Waals surface area contributed by atoms with Gasteiger partial charge in [0.25, 0.3) is 0 Å². The standard InChI is InChI=1S/C72H142O5Si.C57H112O4Si/c1-10-12-14-16-18-20-22-24-25-26-27-28-29-33-36-40-44-48-52-56-60-67(71(75)76-7)69(77-78(8,9)72(4,5)6)61-57-53-49-45-41-37-34-31-30-32-35-39-42-46-50-54-58-65-63-68(65)64(3)62-66(70(73)74)59-55-51-47-43-38-23-21-19-17-15-13-11-2;1-9-10-11-12-13-14-15-16-17-18-19-20-21-25-28-31-34-37-40-43-46-53(56(59)60-6)55(61-62(7,8)57(3,4)5)47-44-41-38-35-32-29-26-23-22-24-27-30-33-36-39-42-45-52-50-54(52)51(2)48-49-58/h64-69H,10-63H2,1-9H3,(H,73,74);49,51-55H,9-48,50H2,1-8H3/t64-,65-,66?,67+,68+,69-;51-,52-,53+,54+,55-/m00/s1. The van der Waals surface area contributed by atoms with E-state index >= 15 is 0 Å². The number of aliphatic carboxylic acids is 1. The van der Waals surface area contributed by atoms with Crippen molar-refractivity contribution in [1.82, 2.24) is 0 Å². The minimum Gasteiger partial charge on any atom is -0.481 e. The lowest BCUT2D eigenvalue weighted by Crippen LogP contribution is -2.47. The van der Waals surface area contributed by atoms with Crippen molar-refractivity contribution in [1.29, 1.82) is 0 Å². The van der Waals surface area contributed by atoms with Gasteiger partial charge in [-0.15, -0.1) is 0 Å². The van der Waals surface area contributed by atoms with Crippen LogP contribution in [0.3, 0.4) is 0 Å². The number of ether oxygens (including phenoxy) is 2. The van der Waals surface area contributed by atoms with Crippen LogP contribution in [0, 0.1) is 53.3 Å². The average Bonchev–Trinajstić information content (AvgIpc) is 1.65. The lowest BCUT2D eigenvalue weighted by Gasteiger charge is -2.41. The van der Waals surface area contributed by atoms with E-state index in [-0.39, 0.29) is 52.0 Å². The summed E-state index contributed by atoms with van der Waals surface area (Å²) < 4.78 is 25.1. The van der Waals surface area contributed by atoms with E-state index in [0.29, 0.717) is 11.8 Å². The molecule has 0 bridgehead atoms. The van der Waals surface area contributed by atoms with Crippen LogP contribution in [0.5, 0.6) is 0 Å². The van der Waals surface area contributed by atoms with Gasteiger partial charge in [-0.1, -0.05) is 628 Å². The number of carboxylic acid groups (broad SMARTS) is 1. The molecule has 2 aliphatic rings. The van der Waals surface area contributed by atoms with Crippen LogP contribution in [0.2, 0.25) is 36.3 Å². The van der Waals surface area contributed by atoms with Crippen LogP contribution in [0.15, 0.2) is 0 Å². The Hall–Kier alpha value is -1.57. The number of unbranched alkanes of at least 4 members (excludes halogenated alkanes) is 79. The number of aldehydes is 1. The average molecular weight is 2010 g/mol. The van der Waals surface area contributed by atoms with Crippen LogP contribution in [0.25, 0.3) is 0 Å². The third-order valence-corrected chi connectivity index (χ3v) is 44.1. The predicted molar refractivity (Wildman–Crippen MR) is 620 cm³/mol. The van der Waals surface area contributed by atoms with Gasteiger partial charge in [0.2, 0.25) is 0 Å². The van der Waals surface area contributed by atoms with E-state index in [2.05, 4.69) is 102 Å². The molecule has 2 aliphatic carbocycles. The van der Waals surface area contributed by atoms with Crippen molar-refractivity contribution in [3.63, 3.8) is 0 Å². The van der Waals surface area contributed by atoms with Gasteiger partial charge < -0.3 is 28.2 Å². The van der Waals surface area contributed by atoms with Gasteiger partial charge >= 0.3 is 17.9 Å². The number of hydrogen-bond acceptors (Lipinski definition) is 8. The number of carbonyl (C=O) groups excluding carboxylic acids is 3. The van der Waals surface area contributed by atoms with Gasteiger partial charge in [-0.05, 0) is 123 Å². The van der Waals surface area contributed by atoms with E-state index in [1.165, 1.54) is 533 Å². The molecule has 0 radical (unpaired) electrons. The maximum absolute atomic E-state index is 13.3. The summed E-state index contributed by atoms with van der Waals surface area (Å²) >= 11 is 0. The first-order chi connectivity index (χ1) is 67.8. The van der Waals surface area contributed by atoms with Crippen molar-refractivity contribution in [2.24, 2.45) is 53.3 Å². The first-order valence-electron chi connectivity index (χ1n) is 63.9. The summed E-state index contributed by atoms with van der Waals surface area (Å²) in [6.45, 7) is 34.8. The minimum absolute atomic E-state index is 0.0198. The molecule has 0 heterocycles. The van der Waals surface area contributed by atoms with E-state index in [9.17, 15) is 24.3 Å². The van der Waals surface area contributed by atoms with Crippen molar-refractivity contribution < 1.29 is 42.6 Å². The molecule has 2 fully saturated rings. The Bertz CT molecular complexity index is 2670. The highest BCUT2D eigenvalue weighted by Gasteiger charge is 2.45. The molecule has 1 unspecified atom stereocenters. The van der Waals surface area contributed by atoms with Crippen LogP contribution in [0.4, 0.5) is 0 Å². The lowest BCUT2D eigenvalue weighted by atomic mass is 9.87. The zero-order valence-corrected chi connectivity index (χ0v) is 100. The Kier molecular flexibility index (Phi) is 92.2. The summed E-state index contributed by atoms with van der Waals surface area (Å²) in [5.74, 6) is 3.53. The molecule has 0 amide bonds. The molecule has 11 heteroatoms. The monoisotopic (exact) mass is 2000 g/mol. The van der Waals surface area contributed by atoms with E-state index in [1.807, 2.05) is 0 Å². The van der Waals surface area contributed by atoms with Gasteiger partial charge in [0, 0.05) is 6.42 Å². The Balaban J connectivity index is 0.00000144. The topological polar surface area (TPSA) is 125 Å². The fraction of sp³-hybridized carbons (Fsp3) is 0.969. The zero-order chi connectivity index (χ0) is 103. The molecule has 832 valence electrons. The summed E-state index contributed by atoms with van der Waals surface area (Å²) in [5.41, 5.74) is 0. The number of carboxylic acids is 1. The third kappa shape index (κ3) is 79.5. The normalized spacial score (nSPS) is 16.6. The highest BCUT2D eigenvalue weighted by molar-refractivity contribution is 6.74. The molecule has 0 aromatic rings. The summed E-state index contributed by atoms with van der Waals surface area (Å²) in [5, 5.41) is 10.2. The second-order valence-corrected chi connectivity index (χ2v) is 59.7. The Morgan fingerprint density at radius 1 is 0.286 bits per heavy atom. The fourth-order valence-corrected chi connectivity index (χ4v) is 25.6. The van der Waals surface area contributed by atoms with Crippen molar-refractivity contribution >= 4 is 40.8 Å². The van der Waals surface area contributed by atoms with Gasteiger partial charge in [0.15, 0.2) is 16.6 Å². The van der Waals surface area contributed by atoms with Crippen molar-refractivity contribution in [2.45, 2.75) is 735 Å². The quantitative estimate of drug-likeness (QED) is 0.0274. The highest BCUT2D eigenvalue weighted by atomic mass is 28.4. The molecule has 0 spiro atoms. The SMILES string of the molecule is CCCCCCCCCCCCCCCCCCCCCC[C@@H](C(=O)OC)[C@H](CCCCCCCCCCCCCCCCCC[C@H]1C[C@@H]1[C@@H](C)CC(CCCCCCCCCCCCCC)C(=O)O)O[Si](C)(C)C(C)(C)C.CCCCCCCCCCCCCCCCCCCCCC[C@@H](C(=O)OC)[C@H](CCCCCCCCCCCCCCCCCC[C@H]1C[C@@H]1[C@@H](C)CC=O)O[Si](C)(C)C(C)(C)C. The van der Waals surface area contributed by atoms with E-state index in [0.717, 1.165) is 107 Å². The summed E-state index contributed by atoms with van der Waals surface area (Å²) in [6, 6.07) is 0. The maximum Gasteiger partial charge on any atom is 0.311 e. The molecule has 0 aliphatic heterocycles. The van der Waals surface area contributed by atoms with Crippen LogP contribution in [-0.4, -0.2) is 72.4 Å². The van der Waals surface area contributed by atoms with Crippen molar-refractivity contribution in [2.75, 3.05) is 14.2 Å². The minimum atomic E-state index is -2.04. The Morgan fingerprint density at radius 3 is 0.664 bits per heavy atom. The van der Waals surface area contributed by atoms with Gasteiger partial charge in [-0.2, -0.15) is 0 Å². The number of rotatable bonds is 108. The number of carbonyl (C=O) groups is 4. The third-order valence-electron chi connectivity index (χ3n) is 35.1. The molecule has 2 saturated carbocycles. The summed E-state index contributed by atoms with van der Waals surface area (Å²) in [6.07, 6.45) is 128.